The Labute approximate surface area is 171 Å². The van der Waals surface area contributed by atoms with Gasteiger partial charge >= 0.3 is 0 Å². The molecule has 0 radical (unpaired) electrons. The van der Waals surface area contributed by atoms with Crippen molar-refractivity contribution in [3.05, 3.63) is 78.4 Å². The van der Waals surface area contributed by atoms with Crippen LogP contribution in [0.1, 0.15) is 16.4 Å². The summed E-state index contributed by atoms with van der Waals surface area (Å²) in [5.74, 6) is 1.37. The number of methoxy groups -OCH3 is 1. The Bertz CT molecular complexity index is 1350. The molecule has 1 amide bonds. The number of fused-ring (bicyclic) bond motifs is 3. The molecule has 7 nitrogen and oxygen atoms in total. The lowest BCUT2D eigenvalue weighted by molar-refractivity contribution is 0.0920. The van der Waals surface area contributed by atoms with E-state index in [1.54, 1.807) is 13.2 Å². The van der Waals surface area contributed by atoms with Crippen molar-refractivity contribution in [3.8, 4) is 17.1 Å². The molecule has 30 heavy (non-hydrogen) atoms. The Hall–Kier alpha value is -4.13. The van der Waals surface area contributed by atoms with Crippen LogP contribution in [0.15, 0.2) is 75.7 Å². The smallest absolute Gasteiger partial charge is 0.287 e. The van der Waals surface area contributed by atoms with Gasteiger partial charge in [-0.1, -0.05) is 35.5 Å². The molecule has 0 aliphatic heterocycles. The second kappa shape index (κ2) is 7.36. The average molecular weight is 399 g/mol. The van der Waals surface area contributed by atoms with Crippen molar-refractivity contribution in [2.75, 3.05) is 7.11 Å². The fourth-order valence-electron chi connectivity index (χ4n) is 3.33. The summed E-state index contributed by atoms with van der Waals surface area (Å²) in [6, 6.07) is 20.9. The monoisotopic (exact) mass is 399 g/mol. The van der Waals surface area contributed by atoms with Gasteiger partial charge in [-0.2, -0.15) is 4.98 Å². The number of hydrogen-bond donors (Lipinski definition) is 1. The van der Waals surface area contributed by atoms with Crippen LogP contribution in [0.2, 0.25) is 0 Å². The molecule has 0 fully saturated rings. The highest BCUT2D eigenvalue weighted by atomic mass is 16.5. The van der Waals surface area contributed by atoms with Gasteiger partial charge < -0.3 is 19.0 Å². The largest absolute Gasteiger partial charge is 0.497 e. The van der Waals surface area contributed by atoms with Crippen LogP contribution in [-0.2, 0) is 6.54 Å². The molecule has 0 saturated heterocycles. The van der Waals surface area contributed by atoms with Crippen LogP contribution in [0.25, 0.3) is 33.1 Å². The van der Waals surface area contributed by atoms with Crippen molar-refractivity contribution in [1.29, 1.82) is 0 Å². The van der Waals surface area contributed by atoms with E-state index in [9.17, 15) is 4.79 Å². The van der Waals surface area contributed by atoms with Crippen molar-refractivity contribution < 1.29 is 18.5 Å². The zero-order chi connectivity index (χ0) is 20.5. The van der Waals surface area contributed by atoms with Crippen molar-refractivity contribution >= 4 is 27.6 Å². The van der Waals surface area contributed by atoms with E-state index in [-0.39, 0.29) is 18.2 Å². The van der Waals surface area contributed by atoms with Gasteiger partial charge in [0.1, 0.15) is 11.3 Å². The van der Waals surface area contributed by atoms with Crippen LogP contribution in [-0.4, -0.2) is 23.2 Å². The number of rotatable bonds is 5. The maximum Gasteiger partial charge on any atom is 0.287 e. The first-order valence-corrected chi connectivity index (χ1v) is 9.38. The third kappa shape index (κ3) is 3.26. The number of benzene rings is 3. The van der Waals surface area contributed by atoms with Gasteiger partial charge in [0, 0.05) is 10.9 Å². The van der Waals surface area contributed by atoms with Gasteiger partial charge in [-0.15, -0.1) is 0 Å². The molecule has 3 aromatic carbocycles. The fraction of sp³-hybridized carbons (Fsp3) is 0.0870. The zero-order valence-electron chi connectivity index (χ0n) is 16.1. The molecule has 0 aliphatic rings. The molecule has 148 valence electrons. The van der Waals surface area contributed by atoms with Gasteiger partial charge in [0.05, 0.1) is 13.7 Å². The molecule has 5 aromatic rings. The molecule has 0 saturated carbocycles. The quantitative estimate of drug-likeness (QED) is 0.465. The minimum atomic E-state index is -0.348. The molecule has 2 heterocycles. The molecule has 2 aromatic heterocycles. The van der Waals surface area contributed by atoms with Gasteiger partial charge in [0.2, 0.25) is 11.7 Å². The van der Waals surface area contributed by atoms with Crippen LogP contribution < -0.4 is 10.1 Å². The summed E-state index contributed by atoms with van der Waals surface area (Å²) in [6.07, 6.45) is 0. The second-order valence-electron chi connectivity index (χ2n) is 6.73. The summed E-state index contributed by atoms with van der Waals surface area (Å²) in [4.78, 5) is 16.9. The molecule has 7 heteroatoms. The number of nitrogens with zero attached hydrogens (tertiary/aromatic N) is 2. The molecule has 5 rings (SSSR count). The Kier molecular flexibility index (Phi) is 4.40. The fourth-order valence-corrected chi connectivity index (χ4v) is 3.33. The molecule has 0 spiro atoms. The van der Waals surface area contributed by atoms with E-state index < -0.39 is 0 Å². The first-order chi connectivity index (χ1) is 14.7. The number of aromatic nitrogens is 2. The van der Waals surface area contributed by atoms with Crippen molar-refractivity contribution in [3.63, 3.8) is 0 Å². The summed E-state index contributed by atoms with van der Waals surface area (Å²) >= 11 is 0. The first kappa shape index (κ1) is 17.9. The lowest BCUT2D eigenvalue weighted by atomic mass is 10.1. The molecule has 0 aliphatic carbocycles. The number of hydrogen-bond acceptors (Lipinski definition) is 6. The highest BCUT2D eigenvalue weighted by Gasteiger charge is 2.15. The Morgan fingerprint density at radius 1 is 1.03 bits per heavy atom. The highest BCUT2D eigenvalue weighted by Crippen LogP contribution is 2.28. The summed E-state index contributed by atoms with van der Waals surface area (Å²) in [7, 11) is 1.61. The number of ether oxygens (including phenoxy) is 1. The topological polar surface area (TPSA) is 90.4 Å². The Morgan fingerprint density at radius 2 is 1.87 bits per heavy atom. The van der Waals surface area contributed by atoms with E-state index in [1.807, 2.05) is 60.7 Å². The summed E-state index contributed by atoms with van der Waals surface area (Å²) in [5, 5.41) is 9.75. The van der Waals surface area contributed by atoms with E-state index in [2.05, 4.69) is 15.5 Å². The number of carbonyl (C=O) groups is 1. The van der Waals surface area contributed by atoms with Crippen molar-refractivity contribution in [2.45, 2.75) is 6.54 Å². The summed E-state index contributed by atoms with van der Waals surface area (Å²) in [6.45, 7) is 0.0970. The molecule has 0 atom stereocenters. The van der Waals surface area contributed by atoms with Crippen molar-refractivity contribution in [2.24, 2.45) is 0 Å². The number of furan rings is 1. The maximum atomic E-state index is 12.6. The third-order valence-corrected chi connectivity index (χ3v) is 4.87. The lowest BCUT2D eigenvalue weighted by Gasteiger charge is -1.99. The molecular weight excluding hydrogens is 382 g/mol. The standard InChI is InChI=1S/C23H17N3O4/c1-28-16-9-6-15(7-10-16)22-25-21(30-26-22)13-24-23(27)20-12-18-17-5-3-2-4-14(17)8-11-19(18)29-20/h2-12H,13H2,1H3,(H,24,27). The molecule has 0 unspecified atom stereocenters. The van der Waals surface area contributed by atoms with Gasteiger partial charge in [0.25, 0.3) is 5.91 Å². The molecule has 0 bridgehead atoms. The lowest BCUT2D eigenvalue weighted by Crippen LogP contribution is -2.22. The predicted octanol–water partition coefficient (Wildman–Crippen LogP) is 4.57. The third-order valence-electron chi connectivity index (χ3n) is 4.87. The summed E-state index contributed by atoms with van der Waals surface area (Å²) in [5.41, 5.74) is 1.46. The zero-order valence-corrected chi connectivity index (χ0v) is 16.1. The van der Waals surface area contributed by atoms with Crippen LogP contribution in [0.5, 0.6) is 5.75 Å². The number of nitrogens with one attached hydrogen (secondary N) is 1. The highest BCUT2D eigenvalue weighted by molar-refractivity contribution is 6.08. The minimum Gasteiger partial charge on any atom is -0.497 e. The molecular formula is C23H17N3O4. The van der Waals surface area contributed by atoms with Crippen LogP contribution in [0, 0.1) is 0 Å². The van der Waals surface area contributed by atoms with Gasteiger partial charge in [-0.05, 0) is 47.2 Å². The Balaban J connectivity index is 1.31. The van der Waals surface area contributed by atoms with Crippen LogP contribution >= 0.6 is 0 Å². The van der Waals surface area contributed by atoms with Gasteiger partial charge in [-0.25, -0.2) is 0 Å². The van der Waals surface area contributed by atoms with E-state index in [0.717, 1.165) is 27.5 Å². The predicted molar refractivity (Wildman–Crippen MR) is 111 cm³/mol. The Morgan fingerprint density at radius 3 is 2.70 bits per heavy atom. The van der Waals surface area contributed by atoms with E-state index in [0.29, 0.717) is 17.3 Å². The van der Waals surface area contributed by atoms with Crippen LogP contribution in [0.4, 0.5) is 0 Å². The van der Waals surface area contributed by atoms with Crippen LogP contribution in [0.3, 0.4) is 0 Å². The van der Waals surface area contributed by atoms with E-state index in [4.69, 9.17) is 13.7 Å². The van der Waals surface area contributed by atoms with E-state index >= 15 is 0 Å². The summed E-state index contributed by atoms with van der Waals surface area (Å²) < 4.78 is 16.1. The minimum absolute atomic E-state index is 0.0970. The second-order valence-corrected chi connectivity index (χ2v) is 6.73. The first-order valence-electron chi connectivity index (χ1n) is 9.38. The maximum absolute atomic E-state index is 12.6. The average Bonchev–Trinajstić information content (AvgIpc) is 3.45. The van der Waals surface area contributed by atoms with Gasteiger partial charge in [0.15, 0.2) is 5.76 Å². The van der Waals surface area contributed by atoms with E-state index in [1.165, 1.54) is 0 Å². The normalized spacial score (nSPS) is 11.1. The van der Waals surface area contributed by atoms with Crippen molar-refractivity contribution in [1.82, 2.24) is 15.5 Å². The number of carbonyl (C=O) groups excluding carboxylic acids is 1. The number of amides is 1. The molecule has 1 N–H and O–H groups in total. The van der Waals surface area contributed by atoms with Gasteiger partial charge in [-0.3, -0.25) is 4.79 Å². The SMILES string of the molecule is COc1ccc(-c2noc(CNC(=O)c3cc4c(ccc5ccccc54)o3)n2)cc1.